The second-order valence-corrected chi connectivity index (χ2v) is 4.16. The Morgan fingerprint density at radius 1 is 1.25 bits per heavy atom. The minimum absolute atomic E-state index is 0.108. The number of ether oxygens (including phenoxy) is 1. The predicted octanol–water partition coefficient (Wildman–Crippen LogP) is 2.66. The number of aromatic nitrogens is 1. The van der Waals surface area contributed by atoms with Crippen LogP contribution in [0.4, 0.5) is 0 Å². The van der Waals surface area contributed by atoms with Crippen molar-refractivity contribution in [2.24, 2.45) is 0 Å². The van der Waals surface area contributed by atoms with E-state index in [1.54, 1.807) is 7.11 Å². The van der Waals surface area contributed by atoms with Crippen molar-refractivity contribution in [1.82, 2.24) is 4.98 Å². The van der Waals surface area contributed by atoms with Gasteiger partial charge in [-0.25, -0.2) is 0 Å². The molecule has 2 rings (SSSR count). The van der Waals surface area contributed by atoms with Gasteiger partial charge in [0.15, 0.2) is 0 Å². The van der Waals surface area contributed by atoms with Gasteiger partial charge in [-0.2, -0.15) is 0 Å². The molecule has 0 saturated carbocycles. The third kappa shape index (κ3) is 1.81. The Kier molecular flexibility index (Phi) is 2.69. The monoisotopic (exact) mass is 217 g/mol. The fraction of sp³-hybridized carbons (Fsp3) is 0.308. The molecule has 1 heterocycles. The van der Waals surface area contributed by atoms with Crippen molar-refractivity contribution in [3.05, 3.63) is 40.2 Å². The van der Waals surface area contributed by atoms with E-state index < -0.39 is 0 Å². The van der Waals surface area contributed by atoms with Crippen molar-refractivity contribution in [3.8, 4) is 5.75 Å². The molecule has 0 spiro atoms. The molecule has 0 aliphatic rings. The van der Waals surface area contributed by atoms with E-state index in [1.807, 2.05) is 12.1 Å². The molecule has 0 unspecified atom stereocenters. The molecule has 0 fully saturated rings. The number of nitrogens with one attached hydrogen (secondary N) is 1. The summed E-state index contributed by atoms with van der Waals surface area (Å²) in [6.45, 7) is 4.26. The lowest BCUT2D eigenvalue weighted by Crippen LogP contribution is -2.04. The minimum atomic E-state index is -0.108. The highest BCUT2D eigenvalue weighted by atomic mass is 16.5. The van der Waals surface area contributed by atoms with Crippen molar-refractivity contribution in [1.29, 1.82) is 0 Å². The van der Waals surface area contributed by atoms with Crippen LogP contribution in [0.2, 0.25) is 0 Å². The summed E-state index contributed by atoms with van der Waals surface area (Å²) in [6, 6.07) is 7.41. The maximum absolute atomic E-state index is 11.3. The second kappa shape index (κ2) is 4.00. The minimum Gasteiger partial charge on any atom is -0.495 e. The summed E-state index contributed by atoms with van der Waals surface area (Å²) in [5.74, 6) is 1.16. The van der Waals surface area contributed by atoms with Gasteiger partial charge in [0.05, 0.1) is 12.6 Å². The van der Waals surface area contributed by atoms with Crippen LogP contribution in [0.15, 0.2) is 29.1 Å². The number of H-pyrrole nitrogens is 1. The van der Waals surface area contributed by atoms with Crippen molar-refractivity contribution in [2.75, 3.05) is 7.11 Å². The Hall–Kier alpha value is -1.77. The molecule has 0 atom stereocenters. The van der Waals surface area contributed by atoms with E-state index in [2.05, 4.69) is 24.9 Å². The fourth-order valence-corrected chi connectivity index (χ4v) is 1.75. The van der Waals surface area contributed by atoms with Crippen LogP contribution in [0, 0.1) is 0 Å². The summed E-state index contributed by atoms with van der Waals surface area (Å²) in [4.78, 5) is 14.1. The Morgan fingerprint density at radius 3 is 2.62 bits per heavy atom. The molecule has 3 nitrogen and oxygen atoms in total. The summed E-state index contributed by atoms with van der Waals surface area (Å²) >= 11 is 0. The first-order valence-corrected chi connectivity index (χ1v) is 5.33. The van der Waals surface area contributed by atoms with Crippen molar-refractivity contribution >= 4 is 10.9 Å². The molecule has 0 saturated heterocycles. The lowest BCUT2D eigenvalue weighted by Gasteiger charge is -2.11. The normalized spacial score (nSPS) is 11.0. The molecule has 0 radical (unpaired) electrons. The van der Waals surface area contributed by atoms with Crippen LogP contribution in [-0.4, -0.2) is 12.1 Å². The van der Waals surface area contributed by atoms with E-state index in [0.717, 1.165) is 16.7 Å². The molecule has 1 aromatic heterocycles. The Balaban J connectivity index is 2.78. The first kappa shape index (κ1) is 10.7. The maximum atomic E-state index is 11.3. The number of hydrogen-bond donors (Lipinski definition) is 1. The van der Waals surface area contributed by atoms with Crippen LogP contribution in [-0.2, 0) is 0 Å². The predicted molar refractivity (Wildman–Crippen MR) is 65.2 cm³/mol. The van der Waals surface area contributed by atoms with Crippen LogP contribution in [0.1, 0.15) is 25.3 Å². The van der Waals surface area contributed by atoms with E-state index in [9.17, 15) is 4.79 Å². The van der Waals surface area contributed by atoms with Gasteiger partial charge < -0.3 is 9.72 Å². The van der Waals surface area contributed by atoms with Gasteiger partial charge in [0, 0.05) is 11.5 Å². The van der Waals surface area contributed by atoms with Gasteiger partial charge in [0.2, 0.25) is 5.56 Å². The number of aromatic amines is 1. The highest BCUT2D eigenvalue weighted by Crippen LogP contribution is 2.28. The van der Waals surface area contributed by atoms with Crippen LogP contribution in [0.25, 0.3) is 10.9 Å². The molecule has 0 aliphatic heterocycles. The van der Waals surface area contributed by atoms with Gasteiger partial charge in [-0.1, -0.05) is 13.8 Å². The van der Waals surface area contributed by atoms with E-state index in [4.69, 9.17) is 4.74 Å². The zero-order valence-electron chi connectivity index (χ0n) is 9.70. The number of hydrogen-bond acceptors (Lipinski definition) is 2. The van der Waals surface area contributed by atoms with E-state index >= 15 is 0 Å². The van der Waals surface area contributed by atoms with Gasteiger partial charge >= 0.3 is 0 Å². The summed E-state index contributed by atoms with van der Waals surface area (Å²) in [7, 11) is 1.62. The third-order valence-corrected chi connectivity index (χ3v) is 2.70. The second-order valence-electron chi connectivity index (χ2n) is 4.16. The first-order valence-electron chi connectivity index (χ1n) is 5.33. The molecule has 1 N–H and O–H groups in total. The highest BCUT2D eigenvalue weighted by Gasteiger charge is 2.07. The third-order valence-electron chi connectivity index (χ3n) is 2.70. The Morgan fingerprint density at radius 2 is 2.00 bits per heavy atom. The fourth-order valence-electron chi connectivity index (χ4n) is 1.75. The topological polar surface area (TPSA) is 42.1 Å². The lowest BCUT2D eigenvalue weighted by atomic mass is 10.0. The summed E-state index contributed by atoms with van der Waals surface area (Å²) in [5, 5.41) is 1.00. The van der Waals surface area contributed by atoms with Gasteiger partial charge in [0.1, 0.15) is 5.75 Å². The molecule has 0 amide bonds. The average Bonchev–Trinajstić information content (AvgIpc) is 2.27. The molecule has 0 bridgehead atoms. The molecule has 0 aliphatic carbocycles. The zero-order valence-corrected chi connectivity index (χ0v) is 9.70. The molecule has 3 heteroatoms. The Labute approximate surface area is 94.1 Å². The van der Waals surface area contributed by atoms with E-state index in [1.165, 1.54) is 11.6 Å². The number of fused-ring (bicyclic) bond motifs is 1. The van der Waals surface area contributed by atoms with Crippen molar-refractivity contribution in [3.63, 3.8) is 0 Å². The summed E-state index contributed by atoms with van der Waals surface area (Å²) < 4.78 is 5.30. The van der Waals surface area contributed by atoms with Gasteiger partial charge in [-0.05, 0) is 29.7 Å². The lowest BCUT2D eigenvalue weighted by molar-refractivity contribution is 0.418. The molecule has 1 aromatic carbocycles. The van der Waals surface area contributed by atoms with Crippen LogP contribution < -0.4 is 10.3 Å². The SMILES string of the molecule is COc1cc(C(C)C)cc2ccc(=O)[nH]c12. The molecule has 84 valence electrons. The smallest absolute Gasteiger partial charge is 0.248 e. The van der Waals surface area contributed by atoms with Crippen molar-refractivity contribution < 1.29 is 4.74 Å². The highest BCUT2D eigenvalue weighted by molar-refractivity contribution is 5.85. The maximum Gasteiger partial charge on any atom is 0.248 e. The quantitative estimate of drug-likeness (QED) is 0.840. The summed E-state index contributed by atoms with van der Waals surface area (Å²) in [5.41, 5.74) is 1.86. The number of pyridine rings is 1. The van der Waals surface area contributed by atoms with Gasteiger partial charge in [0.25, 0.3) is 0 Å². The standard InChI is InChI=1S/C13H15NO2/c1-8(2)10-6-9-4-5-12(15)14-13(9)11(7-10)16-3/h4-8H,1-3H3,(H,14,15). The van der Waals surface area contributed by atoms with Crippen LogP contribution in [0.5, 0.6) is 5.75 Å². The number of benzene rings is 1. The van der Waals surface area contributed by atoms with Gasteiger partial charge in [-0.3, -0.25) is 4.79 Å². The van der Waals surface area contributed by atoms with Crippen LogP contribution >= 0.6 is 0 Å². The van der Waals surface area contributed by atoms with E-state index in [-0.39, 0.29) is 5.56 Å². The van der Waals surface area contributed by atoms with Gasteiger partial charge in [-0.15, -0.1) is 0 Å². The average molecular weight is 217 g/mol. The Bertz CT molecular complexity index is 570. The number of methoxy groups -OCH3 is 1. The molecule has 2 aromatic rings. The zero-order chi connectivity index (χ0) is 11.7. The molecular formula is C13H15NO2. The van der Waals surface area contributed by atoms with E-state index in [0.29, 0.717) is 5.92 Å². The largest absolute Gasteiger partial charge is 0.495 e. The van der Waals surface area contributed by atoms with Crippen molar-refractivity contribution in [2.45, 2.75) is 19.8 Å². The number of rotatable bonds is 2. The molecule has 16 heavy (non-hydrogen) atoms. The first-order chi connectivity index (χ1) is 7.61. The molecular weight excluding hydrogens is 202 g/mol. The summed E-state index contributed by atoms with van der Waals surface area (Å²) in [6.07, 6.45) is 0. The van der Waals surface area contributed by atoms with Crippen LogP contribution in [0.3, 0.4) is 0 Å².